The maximum Gasteiger partial charge on any atom is 0.313 e. The number of carbonyl (C=O) groups excluding carboxylic acids is 1. The zero-order valence-corrected chi connectivity index (χ0v) is 14.6. The molecule has 3 aliphatic rings. The van der Waals surface area contributed by atoms with Crippen molar-refractivity contribution in [3.63, 3.8) is 0 Å². The quantitative estimate of drug-likeness (QED) is 0.432. The second-order valence-corrected chi connectivity index (χ2v) is 7.70. The van der Waals surface area contributed by atoms with Gasteiger partial charge in [0.1, 0.15) is 6.61 Å². The van der Waals surface area contributed by atoms with Crippen LogP contribution in [0.5, 0.6) is 0 Å². The minimum absolute atomic E-state index is 0.00312. The third-order valence-corrected chi connectivity index (χ3v) is 5.52. The molecule has 2 fully saturated rings. The molecule has 0 amide bonds. The molecule has 0 N–H and O–H groups in total. The smallest absolute Gasteiger partial charge is 0.313 e. The second kappa shape index (κ2) is 6.27. The lowest BCUT2D eigenvalue weighted by molar-refractivity contribution is -0.151. The minimum atomic E-state index is -0.164. The molecule has 3 rings (SSSR count). The Morgan fingerprint density at radius 2 is 2.13 bits per heavy atom. The van der Waals surface area contributed by atoms with Crippen LogP contribution in [0.3, 0.4) is 0 Å². The first-order valence-electron chi connectivity index (χ1n) is 8.75. The Labute approximate surface area is 139 Å². The molecule has 0 saturated carbocycles. The van der Waals surface area contributed by atoms with Gasteiger partial charge >= 0.3 is 5.97 Å². The molecule has 0 radical (unpaired) electrons. The Bertz CT molecular complexity index is 567. The molecule has 3 atom stereocenters. The number of ether oxygens (including phenoxy) is 2. The third-order valence-electron chi connectivity index (χ3n) is 5.52. The Morgan fingerprint density at radius 1 is 1.39 bits per heavy atom. The van der Waals surface area contributed by atoms with Crippen LogP contribution < -0.4 is 0 Å². The van der Waals surface area contributed by atoms with E-state index in [4.69, 9.17) is 9.47 Å². The van der Waals surface area contributed by atoms with E-state index in [9.17, 15) is 4.79 Å². The van der Waals surface area contributed by atoms with Crippen LogP contribution in [-0.2, 0) is 14.3 Å². The molecule has 0 aromatic heterocycles. The Hall–Kier alpha value is -1.35. The summed E-state index contributed by atoms with van der Waals surface area (Å²) in [5, 5.41) is 0. The third kappa shape index (κ3) is 3.60. The molecule has 0 spiro atoms. The number of fused-ring (bicyclic) bond motifs is 1. The lowest BCUT2D eigenvalue weighted by atomic mass is 9.76. The van der Waals surface area contributed by atoms with E-state index in [0.717, 1.165) is 37.7 Å². The molecule has 126 valence electrons. The summed E-state index contributed by atoms with van der Waals surface area (Å²) in [5.41, 5.74) is 3.71. The average Bonchev–Trinajstić information content (AvgIpc) is 3.08. The fourth-order valence-electron chi connectivity index (χ4n) is 3.81. The van der Waals surface area contributed by atoms with E-state index >= 15 is 0 Å². The van der Waals surface area contributed by atoms with Crippen molar-refractivity contribution in [2.45, 2.75) is 64.6 Å². The molecule has 2 aliphatic heterocycles. The standard InChI is InChI=1S/C20H28O3/c1-13-6-5-7-14(2)18-16(10-8-13)15(12-22-19(18)21)9-11-17-20(3,4)23-17/h6,9,16-18H,2,5,7-8,10-12H2,1,3-4H3/b13-6+,15-9-/t16-,17?,18+/m1/s1. The summed E-state index contributed by atoms with van der Waals surface area (Å²) in [4.78, 5) is 12.3. The van der Waals surface area contributed by atoms with Crippen molar-refractivity contribution >= 4 is 5.97 Å². The molecule has 0 bridgehead atoms. The molecule has 1 unspecified atom stereocenters. The fraction of sp³-hybridized carbons (Fsp3) is 0.650. The second-order valence-electron chi connectivity index (χ2n) is 7.70. The molecule has 3 heteroatoms. The number of allylic oxidation sites excluding steroid dienone is 2. The number of carbonyl (C=O) groups is 1. The van der Waals surface area contributed by atoms with Crippen LogP contribution in [0.25, 0.3) is 0 Å². The molecule has 3 nitrogen and oxygen atoms in total. The van der Waals surface area contributed by atoms with Crippen molar-refractivity contribution in [2.75, 3.05) is 6.61 Å². The lowest BCUT2D eigenvalue weighted by Gasteiger charge is -2.33. The zero-order valence-electron chi connectivity index (χ0n) is 14.6. The van der Waals surface area contributed by atoms with Gasteiger partial charge in [-0.25, -0.2) is 0 Å². The molecule has 23 heavy (non-hydrogen) atoms. The highest BCUT2D eigenvalue weighted by molar-refractivity contribution is 5.78. The molecule has 2 heterocycles. The molecular formula is C20H28O3. The summed E-state index contributed by atoms with van der Waals surface area (Å²) < 4.78 is 11.1. The van der Waals surface area contributed by atoms with Crippen LogP contribution in [0, 0.1) is 11.8 Å². The first kappa shape index (κ1) is 16.5. The van der Waals surface area contributed by atoms with Crippen LogP contribution in [-0.4, -0.2) is 24.3 Å². The summed E-state index contributed by atoms with van der Waals surface area (Å²) >= 11 is 0. The average molecular weight is 316 g/mol. The number of hydrogen-bond acceptors (Lipinski definition) is 3. The Kier molecular flexibility index (Phi) is 4.50. The van der Waals surface area contributed by atoms with E-state index in [1.807, 2.05) is 0 Å². The van der Waals surface area contributed by atoms with Crippen LogP contribution in [0.2, 0.25) is 0 Å². The molecule has 0 aromatic rings. The van der Waals surface area contributed by atoms with Gasteiger partial charge in [-0.3, -0.25) is 4.79 Å². The van der Waals surface area contributed by atoms with Crippen LogP contribution in [0.15, 0.2) is 35.5 Å². The minimum Gasteiger partial charge on any atom is -0.461 e. The summed E-state index contributed by atoms with van der Waals surface area (Å²) in [7, 11) is 0. The Morgan fingerprint density at radius 3 is 2.83 bits per heavy atom. The summed E-state index contributed by atoms with van der Waals surface area (Å²) in [6.07, 6.45) is 9.65. The number of rotatable bonds is 2. The number of hydrogen-bond donors (Lipinski definition) is 0. The molecule has 0 aromatic carbocycles. The highest BCUT2D eigenvalue weighted by Crippen LogP contribution is 2.41. The van der Waals surface area contributed by atoms with Crippen molar-refractivity contribution in [1.29, 1.82) is 0 Å². The fourth-order valence-corrected chi connectivity index (χ4v) is 3.81. The predicted molar refractivity (Wildman–Crippen MR) is 91.0 cm³/mol. The van der Waals surface area contributed by atoms with Crippen LogP contribution in [0.1, 0.15) is 52.9 Å². The highest BCUT2D eigenvalue weighted by Gasteiger charge is 2.47. The number of esters is 1. The van der Waals surface area contributed by atoms with Gasteiger partial charge in [0.05, 0.1) is 17.6 Å². The van der Waals surface area contributed by atoms with Gasteiger partial charge in [0.15, 0.2) is 0 Å². The normalized spacial score (nSPS) is 37.8. The zero-order chi connectivity index (χ0) is 16.6. The van der Waals surface area contributed by atoms with Gasteiger partial charge < -0.3 is 9.47 Å². The van der Waals surface area contributed by atoms with E-state index in [1.165, 1.54) is 11.1 Å². The van der Waals surface area contributed by atoms with Gasteiger partial charge in [-0.05, 0) is 58.4 Å². The van der Waals surface area contributed by atoms with Crippen molar-refractivity contribution in [2.24, 2.45) is 11.8 Å². The summed E-state index contributed by atoms with van der Waals surface area (Å²) in [6, 6.07) is 0. The van der Waals surface area contributed by atoms with E-state index in [1.54, 1.807) is 0 Å². The molecular weight excluding hydrogens is 288 g/mol. The van der Waals surface area contributed by atoms with Gasteiger partial charge in [0.2, 0.25) is 0 Å². The molecule has 2 saturated heterocycles. The van der Waals surface area contributed by atoms with Crippen molar-refractivity contribution in [1.82, 2.24) is 0 Å². The SMILES string of the molecule is C=C1CC/C=C(\C)CC[C@@H]2/C(=C\CC3OC3(C)C)COC(=O)[C@@H]12. The van der Waals surface area contributed by atoms with Gasteiger partial charge in [-0.1, -0.05) is 29.9 Å². The van der Waals surface area contributed by atoms with Gasteiger partial charge in [0, 0.05) is 5.92 Å². The van der Waals surface area contributed by atoms with Crippen molar-refractivity contribution in [3.8, 4) is 0 Å². The van der Waals surface area contributed by atoms with Gasteiger partial charge in [-0.2, -0.15) is 0 Å². The number of cyclic esters (lactones) is 1. The largest absolute Gasteiger partial charge is 0.461 e. The summed E-state index contributed by atoms with van der Waals surface area (Å²) in [5.74, 6) is -0.00537. The van der Waals surface area contributed by atoms with E-state index in [-0.39, 0.29) is 23.4 Å². The summed E-state index contributed by atoms with van der Waals surface area (Å²) in [6.45, 7) is 11.1. The van der Waals surface area contributed by atoms with E-state index in [0.29, 0.717) is 12.7 Å². The lowest BCUT2D eigenvalue weighted by Crippen LogP contribution is -2.35. The molecule has 1 aliphatic carbocycles. The highest BCUT2D eigenvalue weighted by atomic mass is 16.6. The van der Waals surface area contributed by atoms with Crippen molar-refractivity contribution < 1.29 is 14.3 Å². The van der Waals surface area contributed by atoms with Crippen molar-refractivity contribution in [3.05, 3.63) is 35.5 Å². The van der Waals surface area contributed by atoms with Gasteiger partial charge in [0.25, 0.3) is 0 Å². The first-order valence-corrected chi connectivity index (χ1v) is 8.75. The van der Waals surface area contributed by atoms with Crippen LogP contribution in [0.4, 0.5) is 0 Å². The maximum absolute atomic E-state index is 12.3. The number of epoxide rings is 1. The van der Waals surface area contributed by atoms with Gasteiger partial charge in [-0.15, -0.1) is 0 Å². The monoisotopic (exact) mass is 316 g/mol. The van der Waals surface area contributed by atoms with E-state index in [2.05, 4.69) is 39.5 Å². The van der Waals surface area contributed by atoms with E-state index < -0.39 is 0 Å². The Balaban J connectivity index is 1.80. The topological polar surface area (TPSA) is 38.8 Å². The predicted octanol–water partition coefficient (Wildman–Crippen LogP) is 4.35. The van der Waals surface area contributed by atoms with Crippen LogP contribution >= 0.6 is 0 Å². The maximum atomic E-state index is 12.3. The first-order chi connectivity index (χ1) is 10.9.